The summed E-state index contributed by atoms with van der Waals surface area (Å²) < 4.78 is 33.9. The fourth-order valence-electron chi connectivity index (χ4n) is 3.36. The van der Waals surface area contributed by atoms with Gasteiger partial charge in [-0.2, -0.15) is 4.31 Å². The monoisotopic (exact) mass is 402 g/mol. The Labute approximate surface area is 162 Å². The smallest absolute Gasteiger partial charge is 0.279 e. The first kappa shape index (κ1) is 18.8. The molecule has 0 saturated carbocycles. The summed E-state index contributed by atoms with van der Waals surface area (Å²) in [5.74, 6) is 0. The van der Waals surface area contributed by atoms with Crippen molar-refractivity contribution in [2.75, 3.05) is 13.1 Å². The SMILES string of the molecule is CC(C)(C)c1cc(S(=O)(=O)N2CCC(n3cnc4ccccc4c3=O)C2)on1. The second-order valence-corrected chi connectivity index (χ2v) is 9.93. The lowest BCUT2D eigenvalue weighted by molar-refractivity contribution is 0.316. The number of rotatable bonds is 3. The summed E-state index contributed by atoms with van der Waals surface area (Å²) in [7, 11) is -3.81. The van der Waals surface area contributed by atoms with Crippen molar-refractivity contribution in [2.24, 2.45) is 0 Å². The van der Waals surface area contributed by atoms with Gasteiger partial charge in [0, 0.05) is 24.6 Å². The van der Waals surface area contributed by atoms with Crippen molar-refractivity contribution >= 4 is 20.9 Å². The van der Waals surface area contributed by atoms with Gasteiger partial charge in [-0.05, 0) is 18.6 Å². The van der Waals surface area contributed by atoms with E-state index in [-0.39, 0.29) is 28.7 Å². The van der Waals surface area contributed by atoms with E-state index in [1.807, 2.05) is 26.8 Å². The molecule has 1 saturated heterocycles. The summed E-state index contributed by atoms with van der Waals surface area (Å²) in [6, 6.07) is 8.33. The predicted molar refractivity (Wildman–Crippen MR) is 104 cm³/mol. The standard InChI is InChI=1S/C19H22N4O4S/c1-19(2,3)16-10-17(27-21-16)28(25,26)22-9-8-13(11-22)23-12-20-15-7-5-4-6-14(15)18(23)24/h4-7,10,12-13H,8-9,11H2,1-3H3. The van der Waals surface area contributed by atoms with Crippen molar-refractivity contribution in [1.29, 1.82) is 0 Å². The lowest BCUT2D eigenvalue weighted by Crippen LogP contribution is -2.31. The van der Waals surface area contributed by atoms with Crippen LogP contribution in [0.2, 0.25) is 0 Å². The topological polar surface area (TPSA) is 98.3 Å². The van der Waals surface area contributed by atoms with Crippen LogP contribution in [0.15, 0.2) is 51.1 Å². The number of nitrogens with zero attached hydrogens (tertiary/aromatic N) is 4. The first-order valence-corrected chi connectivity index (χ1v) is 10.5. The summed E-state index contributed by atoms with van der Waals surface area (Å²) in [6.45, 7) is 6.30. The number of hydrogen-bond donors (Lipinski definition) is 0. The number of benzene rings is 1. The first-order chi connectivity index (χ1) is 13.2. The molecule has 0 spiro atoms. The minimum absolute atomic E-state index is 0.162. The van der Waals surface area contributed by atoms with E-state index in [1.54, 1.807) is 18.2 Å². The van der Waals surface area contributed by atoms with E-state index in [0.29, 0.717) is 29.6 Å². The van der Waals surface area contributed by atoms with E-state index in [4.69, 9.17) is 4.52 Å². The third-order valence-corrected chi connectivity index (χ3v) is 6.77. The second-order valence-electron chi connectivity index (χ2n) is 8.06. The Balaban J connectivity index is 1.61. The van der Waals surface area contributed by atoms with Gasteiger partial charge in [-0.3, -0.25) is 9.36 Å². The van der Waals surface area contributed by atoms with E-state index in [9.17, 15) is 13.2 Å². The lowest BCUT2D eigenvalue weighted by Gasteiger charge is -2.16. The summed E-state index contributed by atoms with van der Waals surface area (Å²) in [5, 5.41) is 4.26. The van der Waals surface area contributed by atoms with Crippen LogP contribution < -0.4 is 5.56 Å². The average Bonchev–Trinajstić information content (AvgIpc) is 3.32. The van der Waals surface area contributed by atoms with Gasteiger partial charge in [-0.25, -0.2) is 13.4 Å². The normalized spacial score (nSPS) is 18.8. The molecule has 0 bridgehead atoms. The summed E-state index contributed by atoms with van der Waals surface area (Å²) in [4.78, 5) is 17.1. The molecule has 8 nitrogen and oxygen atoms in total. The third kappa shape index (κ3) is 3.14. The van der Waals surface area contributed by atoms with E-state index >= 15 is 0 Å². The first-order valence-electron chi connectivity index (χ1n) is 9.11. The summed E-state index contributed by atoms with van der Waals surface area (Å²) >= 11 is 0. The molecule has 0 aliphatic carbocycles. The van der Waals surface area contributed by atoms with Crippen molar-refractivity contribution in [3.8, 4) is 0 Å². The molecule has 28 heavy (non-hydrogen) atoms. The maximum Gasteiger partial charge on any atom is 0.279 e. The zero-order valence-electron chi connectivity index (χ0n) is 16.0. The molecule has 1 aliphatic heterocycles. The van der Waals surface area contributed by atoms with Crippen LogP contribution in [0.1, 0.15) is 38.9 Å². The van der Waals surface area contributed by atoms with Gasteiger partial charge < -0.3 is 4.52 Å². The van der Waals surface area contributed by atoms with Gasteiger partial charge in [0.15, 0.2) is 0 Å². The van der Waals surface area contributed by atoms with E-state index in [0.717, 1.165) is 0 Å². The van der Waals surface area contributed by atoms with E-state index in [1.165, 1.54) is 21.3 Å². The number of aromatic nitrogens is 3. The number of fused-ring (bicyclic) bond motifs is 1. The van der Waals surface area contributed by atoms with Crippen LogP contribution in [0.3, 0.4) is 0 Å². The molecular weight excluding hydrogens is 380 g/mol. The molecule has 3 heterocycles. The Morgan fingerprint density at radius 1 is 1.21 bits per heavy atom. The highest BCUT2D eigenvalue weighted by molar-refractivity contribution is 7.89. The molecule has 0 amide bonds. The van der Waals surface area contributed by atoms with Gasteiger partial charge in [0.1, 0.15) is 0 Å². The fourth-order valence-corrected chi connectivity index (χ4v) is 4.72. The van der Waals surface area contributed by atoms with Crippen molar-refractivity contribution < 1.29 is 12.9 Å². The predicted octanol–water partition coefficient (Wildman–Crippen LogP) is 2.32. The Kier molecular flexibility index (Phi) is 4.39. The molecule has 1 unspecified atom stereocenters. The van der Waals surface area contributed by atoms with Crippen molar-refractivity contribution in [2.45, 2.75) is 43.7 Å². The van der Waals surface area contributed by atoms with Gasteiger partial charge in [0.05, 0.1) is 29.0 Å². The van der Waals surface area contributed by atoms with Crippen molar-refractivity contribution in [3.63, 3.8) is 0 Å². The fraction of sp³-hybridized carbons (Fsp3) is 0.421. The lowest BCUT2D eigenvalue weighted by atomic mass is 9.93. The molecule has 3 aromatic rings. The van der Waals surface area contributed by atoms with Crippen LogP contribution in [0.4, 0.5) is 0 Å². The van der Waals surface area contributed by atoms with Crippen LogP contribution in [-0.2, 0) is 15.4 Å². The Morgan fingerprint density at radius 2 is 1.96 bits per heavy atom. The molecule has 4 rings (SSSR count). The van der Waals surface area contributed by atoms with Crippen LogP contribution >= 0.6 is 0 Å². The summed E-state index contributed by atoms with van der Waals surface area (Å²) in [6.07, 6.45) is 2.02. The van der Waals surface area contributed by atoms with Crippen molar-refractivity contribution in [1.82, 2.24) is 19.0 Å². The number of hydrogen-bond acceptors (Lipinski definition) is 6. The Bertz CT molecular complexity index is 1190. The molecule has 0 N–H and O–H groups in total. The molecule has 148 valence electrons. The van der Waals surface area contributed by atoms with Gasteiger partial charge >= 0.3 is 0 Å². The molecule has 1 atom stereocenters. The van der Waals surface area contributed by atoms with Gasteiger partial charge in [-0.1, -0.05) is 38.1 Å². The zero-order valence-corrected chi connectivity index (χ0v) is 16.8. The average molecular weight is 402 g/mol. The van der Waals surface area contributed by atoms with Crippen LogP contribution in [0, 0.1) is 0 Å². The summed E-state index contributed by atoms with van der Waals surface area (Å²) in [5.41, 5.74) is 0.735. The molecule has 1 aliphatic rings. The minimum Gasteiger partial charge on any atom is -0.343 e. The van der Waals surface area contributed by atoms with Crippen LogP contribution in [0.5, 0.6) is 0 Å². The van der Waals surface area contributed by atoms with Crippen LogP contribution in [-0.4, -0.2) is 40.5 Å². The third-order valence-electron chi connectivity index (χ3n) is 5.06. The second kappa shape index (κ2) is 6.52. The molecule has 9 heteroatoms. The van der Waals surface area contributed by atoms with Crippen molar-refractivity contribution in [3.05, 3.63) is 52.7 Å². The zero-order chi connectivity index (χ0) is 20.1. The van der Waals surface area contributed by atoms with E-state index in [2.05, 4.69) is 10.1 Å². The Hall–Kier alpha value is -2.52. The minimum atomic E-state index is -3.81. The largest absolute Gasteiger partial charge is 0.343 e. The quantitative estimate of drug-likeness (QED) is 0.667. The van der Waals surface area contributed by atoms with Gasteiger partial charge in [0.2, 0.25) is 0 Å². The van der Waals surface area contributed by atoms with E-state index < -0.39 is 10.0 Å². The highest BCUT2D eigenvalue weighted by Crippen LogP contribution is 2.29. The molecule has 1 fully saturated rings. The molecule has 0 radical (unpaired) electrons. The number of sulfonamides is 1. The van der Waals surface area contributed by atoms with Crippen LogP contribution in [0.25, 0.3) is 10.9 Å². The highest BCUT2D eigenvalue weighted by atomic mass is 32.2. The molecular formula is C19H22N4O4S. The highest BCUT2D eigenvalue weighted by Gasteiger charge is 2.37. The molecule has 1 aromatic carbocycles. The maximum atomic E-state index is 12.9. The Morgan fingerprint density at radius 3 is 2.68 bits per heavy atom. The van der Waals surface area contributed by atoms with Gasteiger partial charge in [0.25, 0.3) is 20.7 Å². The van der Waals surface area contributed by atoms with Gasteiger partial charge in [-0.15, -0.1) is 0 Å². The molecule has 2 aromatic heterocycles. The number of para-hydroxylation sites is 1. The maximum absolute atomic E-state index is 12.9.